The second-order valence-corrected chi connectivity index (χ2v) is 5.05. The zero-order valence-electron chi connectivity index (χ0n) is 10.6. The maximum atomic E-state index is 11.8. The minimum Gasteiger partial charge on any atom is -0.387 e. The zero-order valence-corrected chi connectivity index (χ0v) is 10.6. The van der Waals surface area contributed by atoms with Crippen LogP contribution in [0.3, 0.4) is 0 Å². The van der Waals surface area contributed by atoms with Gasteiger partial charge in [-0.05, 0) is 26.7 Å². The smallest absolute Gasteiger partial charge is 0.268 e. The van der Waals surface area contributed by atoms with Gasteiger partial charge in [-0.25, -0.2) is 4.68 Å². The van der Waals surface area contributed by atoms with Gasteiger partial charge in [-0.15, -0.1) is 0 Å². The molecule has 1 N–H and O–H groups in total. The summed E-state index contributed by atoms with van der Waals surface area (Å²) in [6.07, 6.45) is 3.76. The third kappa shape index (κ3) is 2.85. The minimum absolute atomic E-state index is 0.0702. The minimum atomic E-state index is -0.0924. The summed E-state index contributed by atoms with van der Waals surface area (Å²) in [7, 11) is 1.77. The number of nitrogens with zero attached hydrogens (tertiary/aromatic N) is 2. The molecule has 5 nitrogen and oxygen atoms in total. The Kier molecular flexibility index (Phi) is 3.19. The van der Waals surface area contributed by atoms with Crippen LogP contribution in [0.15, 0.2) is 17.1 Å². The summed E-state index contributed by atoms with van der Waals surface area (Å²) in [5, 5.41) is 7.02. The molecule has 0 aromatic carbocycles. The van der Waals surface area contributed by atoms with Gasteiger partial charge in [0, 0.05) is 13.1 Å². The molecule has 1 saturated heterocycles. The Balaban J connectivity index is 2.07. The molecule has 2 rings (SSSR count). The van der Waals surface area contributed by atoms with Crippen LogP contribution < -0.4 is 10.9 Å². The van der Waals surface area contributed by atoms with Crippen LogP contribution >= 0.6 is 0 Å². The van der Waals surface area contributed by atoms with E-state index in [1.54, 1.807) is 19.3 Å². The van der Waals surface area contributed by atoms with Crippen molar-refractivity contribution in [1.82, 2.24) is 9.78 Å². The van der Waals surface area contributed by atoms with Crippen molar-refractivity contribution in [2.75, 3.05) is 12.4 Å². The first kappa shape index (κ1) is 12.1. The van der Waals surface area contributed by atoms with Gasteiger partial charge < -0.3 is 10.1 Å². The zero-order chi connectivity index (χ0) is 12.5. The highest BCUT2D eigenvalue weighted by Crippen LogP contribution is 2.29. The highest BCUT2D eigenvalue weighted by Gasteiger charge is 2.31. The molecule has 0 saturated carbocycles. The largest absolute Gasteiger partial charge is 0.387 e. The summed E-state index contributed by atoms with van der Waals surface area (Å²) in [5.74, 6) is 0. The Bertz CT molecular complexity index is 453. The van der Waals surface area contributed by atoms with Crippen LogP contribution in [0.4, 0.5) is 5.69 Å². The Morgan fingerprint density at radius 3 is 2.94 bits per heavy atom. The van der Waals surface area contributed by atoms with Crippen LogP contribution in [0, 0.1) is 0 Å². The Morgan fingerprint density at radius 2 is 2.41 bits per heavy atom. The van der Waals surface area contributed by atoms with E-state index in [1.165, 1.54) is 4.68 Å². The number of aromatic nitrogens is 2. The van der Waals surface area contributed by atoms with Crippen LogP contribution in [-0.4, -0.2) is 28.5 Å². The lowest BCUT2D eigenvalue weighted by Crippen LogP contribution is -2.30. The second kappa shape index (κ2) is 4.49. The van der Waals surface area contributed by atoms with E-state index in [9.17, 15) is 4.79 Å². The summed E-state index contributed by atoms with van der Waals surface area (Å²) >= 11 is 0. The Labute approximate surface area is 101 Å². The quantitative estimate of drug-likeness (QED) is 0.859. The molecule has 0 spiro atoms. The van der Waals surface area contributed by atoms with Crippen molar-refractivity contribution in [3.63, 3.8) is 0 Å². The van der Waals surface area contributed by atoms with Crippen LogP contribution in [0.2, 0.25) is 0 Å². The number of hydrogen-bond acceptors (Lipinski definition) is 4. The van der Waals surface area contributed by atoms with Gasteiger partial charge in [-0.1, -0.05) is 0 Å². The van der Waals surface area contributed by atoms with Gasteiger partial charge in [0.1, 0.15) is 0 Å². The van der Waals surface area contributed by atoms with E-state index < -0.39 is 0 Å². The Hall–Kier alpha value is -1.36. The van der Waals surface area contributed by atoms with Crippen molar-refractivity contribution in [3.05, 3.63) is 22.6 Å². The van der Waals surface area contributed by atoms with Crippen LogP contribution in [0.5, 0.6) is 0 Å². The molecule has 0 radical (unpaired) electrons. The van der Waals surface area contributed by atoms with E-state index in [1.807, 2.05) is 0 Å². The van der Waals surface area contributed by atoms with Crippen LogP contribution in [0.25, 0.3) is 0 Å². The Morgan fingerprint density at radius 1 is 1.65 bits per heavy atom. The van der Waals surface area contributed by atoms with E-state index in [0.29, 0.717) is 6.54 Å². The lowest BCUT2D eigenvalue weighted by atomic mass is 10.1. The summed E-state index contributed by atoms with van der Waals surface area (Å²) < 4.78 is 7.31. The van der Waals surface area contributed by atoms with Gasteiger partial charge in [0.15, 0.2) is 0 Å². The van der Waals surface area contributed by atoms with Gasteiger partial charge >= 0.3 is 0 Å². The first-order valence-corrected chi connectivity index (χ1v) is 5.93. The fourth-order valence-corrected chi connectivity index (χ4v) is 2.11. The molecule has 5 heteroatoms. The fourth-order valence-electron chi connectivity index (χ4n) is 2.11. The van der Waals surface area contributed by atoms with Gasteiger partial charge in [0.2, 0.25) is 0 Å². The van der Waals surface area contributed by atoms with Crippen molar-refractivity contribution in [2.24, 2.45) is 0 Å². The second-order valence-electron chi connectivity index (χ2n) is 5.05. The van der Waals surface area contributed by atoms with Crippen molar-refractivity contribution in [3.8, 4) is 0 Å². The highest BCUT2D eigenvalue weighted by molar-refractivity contribution is 5.37. The van der Waals surface area contributed by atoms with Crippen LogP contribution in [-0.2, 0) is 11.3 Å². The molecule has 1 aromatic heterocycles. The lowest BCUT2D eigenvalue weighted by Gasteiger charge is -2.19. The predicted molar refractivity (Wildman–Crippen MR) is 66.2 cm³/mol. The molecule has 1 aromatic rings. The average Bonchev–Trinajstić information content (AvgIpc) is 2.61. The maximum absolute atomic E-state index is 11.8. The molecule has 1 unspecified atom stereocenters. The van der Waals surface area contributed by atoms with Crippen LogP contribution in [0.1, 0.15) is 26.7 Å². The van der Waals surface area contributed by atoms with E-state index in [2.05, 4.69) is 24.3 Å². The monoisotopic (exact) mass is 237 g/mol. The molecule has 17 heavy (non-hydrogen) atoms. The normalized spacial score (nSPS) is 22.6. The third-order valence-corrected chi connectivity index (χ3v) is 3.09. The van der Waals surface area contributed by atoms with Crippen molar-refractivity contribution >= 4 is 5.69 Å². The molecule has 0 aliphatic carbocycles. The number of rotatable bonds is 3. The summed E-state index contributed by atoms with van der Waals surface area (Å²) in [6, 6.07) is 1.55. The first-order chi connectivity index (χ1) is 8.00. The van der Waals surface area contributed by atoms with E-state index in [-0.39, 0.29) is 17.3 Å². The summed E-state index contributed by atoms with van der Waals surface area (Å²) in [6.45, 7) is 4.69. The van der Waals surface area contributed by atoms with Crippen molar-refractivity contribution in [1.29, 1.82) is 0 Å². The van der Waals surface area contributed by atoms with E-state index >= 15 is 0 Å². The van der Waals surface area contributed by atoms with Gasteiger partial charge in [0.05, 0.1) is 30.1 Å². The summed E-state index contributed by atoms with van der Waals surface area (Å²) in [5.41, 5.74) is 0.572. The topological polar surface area (TPSA) is 56.1 Å². The highest BCUT2D eigenvalue weighted by atomic mass is 16.5. The molecular weight excluding hydrogens is 218 g/mol. The molecule has 0 amide bonds. The molecule has 1 aliphatic rings. The van der Waals surface area contributed by atoms with Crippen molar-refractivity contribution < 1.29 is 4.74 Å². The number of anilines is 1. The molecule has 0 bridgehead atoms. The number of hydrogen-bond donors (Lipinski definition) is 1. The standard InChI is InChI=1S/C12H19N3O2/c1-12(2)5-4-10(17-12)8-15-11(16)6-9(13-3)7-14-15/h6-7,10,13H,4-5,8H2,1-3H3. The first-order valence-electron chi connectivity index (χ1n) is 5.93. The molecule has 94 valence electrons. The van der Waals surface area contributed by atoms with Gasteiger partial charge in [-0.3, -0.25) is 4.79 Å². The number of ether oxygens (including phenoxy) is 1. The molecule has 1 aliphatic heterocycles. The lowest BCUT2D eigenvalue weighted by molar-refractivity contribution is -0.0235. The molecule has 2 heterocycles. The molecule has 1 atom stereocenters. The maximum Gasteiger partial charge on any atom is 0.268 e. The predicted octanol–water partition coefficient (Wildman–Crippen LogP) is 1.24. The van der Waals surface area contributed by atoms with E-state index in [4.69, 9.17) is 4.74 Å². The third-order valence-electron chi connectivity index (χ3n) is 3.09. The average molecular weight is 237 g/mol. The SMILES string of the molecule is CNc1cnn(CC2CCC(C)(C)O2)c(=O)c1. The van der Waals surface area contributed by atoms with Crippen molar-refractivity contribution in [2.45, 2.75) is 44.9 Å². The van der Waals surface area contributed by atoms with Gasteiger partial charge in [0.25, 0.3) is 5.56 Å². The van der Waals surface area contributed by atoms with E-state index in [0.717, 1.165) is 18.5 Å². The molecular formula is C12H19N3O2. The summed E-state index contributed by atoms with van der Waals surface area (Å²) in [4.78, 5) is 11.8. The fraction of sp³-hybridized carbons (Fsp3) is 0.667. The molecule has 1 fully saturated rings. The van der Waals surface area contributed by atoms with Gasteiger partial charge in [-0.2, -0.15) is 5.10 Å². The number of nitrogens with one attached hydrogen (secondary N) is 1.